The number of carboxylic acids is 1. The van der Waals surface area contributed by atoms with Gasteiger partial charge in [0.1, 0.15) is 0 Å². The van der Waals surface area contributed by atoms with E-state index in [0.717, 1.165) is 19.3 Å². The number of aliphatic carboxylic acids is 1. The van der Waals surface area contributed by atoms with E-state index < -0.39 is 17.4 Å². The van der Waals surface area contributed by atoms with Gasteiger partial charge in [-0.05, 0) is 38.5 Å². The molecule has 1 amide bonds. The predicted octanol–water partition coefficient (Wildman–Crippen LogP) is 0.437. The first-order valence-electron chi connectivity index (χ1n) is 6.24. The Bertz CT molecular complexity index is 337. The van der Waals surface area contributed by atoms with Gasteiger partial charge in [-0.25, -0.2) is 0 Å². The van der Waals surface area contributed by atoms with Crippen LogP contribution >= 0.6 is 0 Å². The summed E-state index contributed by atoms with van der Waals surface area (Å²) in [5.41, 5.74) is 5.27. The van der Waals surface area contributed by atoms with E-state index in [0.29, 0.717) is 19.5 Å². The molecule has 1 aliphatic heterocycles. The SMILES string of the molecule is CC(N)(C(=O)N1CCC[C@@H](C(=O)O)C1)C1CC1. The molecule has 1 saturated carbocycles. The van der Waals surface area contributed by atoms with Crippen LogP contribution in [0.15, 0.2) is 0 Å². The Morgan fingerprint density at radius 1 is 1.35 bits per heavy atom. The van der Waals surface area contributed by atoms with E-state index in [4.69, 9.17) is 10.8 Å². The fraction of sp³-hybridized carbons (Fsp3) is 0.833. The zero-order valence-electron chi connectivity index (χ0n) is 10.2. The Kier molecular flexibility index (Phi) is 3.12. The van der Waals surface area contributed by atoms with Crippen LogP contribution in [0.25, 0.3) is 0 Å². The van der Waals surface area contributed by atoms with Crippen molar-refractivity contribution in [3.05, 3.63) is 0 Å². The predicted molar refractivity (Wildman–Crippen MR) is 62.3 cm³/mol. The summed E-state index contributed by atoms with van der Waals surface area (Å²) in [5, 5.41) is 8.99. The molecule has 0 aromatic heterocycles. The van der Waals surface area contributed by atoms with Crippen LogP contribution in [0, 0.1) is 11.8 Å². The molecule has 1 unspecified atom stereocenters. The third-order valence-corrected chi connectivity index (χ3v) is 3.94. The van der Waals surface area contributed by atoms with Crippen molar-refractivity contribution >= 4 is 11.9 Å². The molecule has 0 bridgehead atoms. The topological polar surface area (TPSA) is 83.6 Å². The van der Waals surface area contributed by atoms with Crippen molar-refractivity contribution in [3.8, 4) is 0 Å². The fourth-order valence-corrected chi connectivity index (χ4v) is 2.56. The molecular formula is C12H20N2O3. The van der Waals surface area contributed by atoms with E-state index in [-0.39, 0.29) is 11.8 Å². The second-order valence-electron chi connectivity index (χ2n) is 5.49. The summed E-state index contributed by atoms with van der Waals surface area (Å²) in [5.74, 6) is -1.04. The van der Waals surface area contributed by atoms with E-state index >= 15 is 0 Å². The number of likely N-dealkylation sites (tertiary alicyclic amines) is 1. The van der Waals surface area contributed by atoms with Gasteiger partial charge in [-0.15, -0.1) is 0 Å². The van der Waals surface area contributed by atoms with Gasteiger partial charge in [0.25, 0.3) is 0 Å². The first-order valence-corrected chi connectivity index (χ1v) is 6.24. The van der Waals surface area contributed by atoms with Crippen molar-refractivity contribution in [1.29, 1.82) is 0 Å². The molecule has 2 atom stereocenters. The number of carbonyl (C=O) groups excluding carboxylic acids is 1. The summed E-state index contributed by atoms with van der Waals surface area (Å²) in [4.78, 5) is 24.9. The molecule has 96 valence electrons. The molecule has 5 heteroatoms. The Balaban J connectivity index is 2.01. The van der Waals surface area contributed by atoms with E-state index in [9.17, 15) is 9.59 Å². The second kappa shape index (κ2) is 4.29. The van der Waals surface area contributed by atoms with Gasteiger partial charge in [0.2, 0.25) is 5.91 Å². The largest absolute Gasteiger partial charge is 0.481 e. The molecule has 1 aliphatic carbocycles. The Morgan fingerprint density at radius 2 is 2.00 bits per heavy atom. The van der Waals surface area contributed by atoms with Crippen LogP contribution in [-0.4, -0.2) is 40.5 Å². The quantitative estimate of drug-likeness (QED) is 0.749. The van der Waals surface area contributed by atoms with Gasteiger partial charge in [-0.2, -0.15) is 0 Å². The van der Waals surface area contributed by atoms with E-state index in [2.05, 4.69) is 0 Å². The molecule has 3 N–H and O–H groups in total. The van der Waals surface area contributed by atoms with Crippen molar-refractivity contribution < 1.29 is 14.7 Å². The lowest BCUT2D eigenvalue weighted by Crippen LogP contribution is -2.57. The average Bonchev–Trinajstić information content (AvgIpc) is 3.12. The number of rotatable bonds is 3. The van der Waals surface area contributed by atoms with Crippen LogP contribution < -0.4 is 5.73 Å². The van der Waals surface area contributed by atoms with Crippen LogP contribution in [0.4, 0.5) is 0 Å². The van der Waals surface area contributed by atoms with Crippen LogP contribution in [0.3, 0.4) is 0 Å². The van der Waals surface area contributed by atoms with Gasteiger partial charge in [0, 0.05) is 13.1 Å². The van der Waals surface area contributed by atoms with E-state index in [1.165, 1.54) is 0 Å². The minimum absolute atomic E-state index is 0.0778. The average molecular weight is 240 g/mol. The molecular weight excluding hydrogens is 220 g/mol. The Morgan fingerprint density at radius 3 is 2.53 bits per heavy atom. The zero-order valence-corrected chi connectivity index (χ0v) is 10.2. The third-order valence-electron chi connectivity index (χ3n) is 3.94. The summed E-state index contributed by atoms with van der Waals surface area (Å²) in [6.07, 6.45) is 3.43. The fourth-order valence-electron chi connectivity index (χ4n) is 2.56. The van der Waals surface area contributed by atoms with Gasteiger partial charge in [0.15, 0.2) is 0 Å². The van der Waals surface area contributed by atoms with Crippen molar-refractivity contribution in [3.63, 3.8) is 0 Å². The molecule has 0 aromatic rings. The molecule has 5 nitrogen and oxygen atoms in total. The number of carbonyl (C=O) groups is 2. The summed E-state index contributed by atoms with van der Waals surface area (Å²) in [6.45, 7) is 2.73. The summed E-state index contributed by atoms with van der Waals surface area (Å²) < 4.78 is 0. The third kappa shape index (κ3) is 2.44. The smallest absolute Gasteiger partial charge is 0.308 e. The molecule has 2 rings (SSSR count). The highest BCUT2D eigenvalue weighted by Gasteiger charge is 2.46. The minimum atomic E-state index is -0.812. The molecule has 2 aliphatic rings. The minimum Gasteiger partial charge on any atom is -0.481 e. The number of hydrogen-bond acceptors (Lipinski definition) is 3. The van der Waals surface area contributed by atoms with Crippen molar-refractivity contribution in [2.45, 2.75) is 38.1 Å². The van der Waals surface area contributed by atoms with Crippen molar-refractivity contribution in [2.24, 2.45) is 17.6 Å². The van der Waals surface area contributed by atoms with Crippen molar-refractivity contribution in [2.75, 3.05) is 13.1 Å². The number of amides is 1. The van der Waals surface area contributed by atoms with E-state index in [1.807, 2.05) is 0 Å². The number of hydrogen-bond donors (Lipinski definition) is 2. The maximum atomic E-state index is 12.3. The zero-order chi connectivity index (χ0) is 12.6. The molecule has 1 heterocycles. The van der Waals surface area contributed by atoms with Crippen LogP contribution in [-0.2, 0) is 9.59 Å². The van der Waals surface area contributed by atoms with Crippen molar-refractivity contribution in [1.82, 2.24) is 4.90 Å². The second-order valence-corrected chi connectivity index (χ2v) is 5.49. The Hall–Kier alpha value is -1.10. The molecule has 0 aromatic carbocycles. The van der Waals surface area contributed by atoms with Gasteiger partial charge >= 0.3 is 5.97 Å². The number of nitrogens with zero attached hydrogens (tertiary/aromatic N) is 1. The maximum absolute atomic E-state index is 12.3. The van der Waals surface area contributed by atoms with Gasteiger partial charge < -0.3 is 15.7 Å². The first-order chi connectivity index (χ1) is 7.93. The lowest BCUT2D eigenvalue weighted by Gasteiger charge is -2.36. The lowest BCUT2D eigenvalue weighted by atomic mass is 9.92. The summed E-state index contributed by atoms with van der Waals surface area (Å²) in [6, 6.07) is 0. The van der Waals surface area contributed by atoms with Gasteiger partial charge in [-0.1, -0.05) is 0 Å². The Labute approximate surface area is 101 Å². The van der Waals surface area contributed by atoms with Gasteiger partial charge in [0.05, 0.1) is 11.5 Å². The normalized spacial score (nSPS) is 28.6. The van der Waals surface area contributed by atoms with E-state index in [1.54, 1.807) is 11.8 Å². The van der Waals surface area contributed by atoms with Crippen LogP contribution in [0.2, 0.25) is 0 Å². The lowest BCUT2D eigenvalue weighted by molar-refractivity contribution is -0.147. The summed E-state index contributed by atoms with van der Waals surface area (Å²) in [7, 11) is 0. The number of piperidine rings is 1. The molecule has 0 radical (unpaired) electrons. The highest BCUT2D eigenvalue weighted by atomic mass is 16.4. The molecule has 2 fully saturated rings. The number of nitrogens with two attached hydrogens (primary N) is 1. The number of carboxylic acid groups (broad SMARTS) is 1. The summed E-state index contributed by atoms with van der Waals surface area (Å²) >= 11 is 0. The standard InChI is InChI=1S/C12H20N2O3/c1-12(13,9-4-5-9)11(17)14-6-2-3-8(7-14)10(15)16/h8-9H,2-7,13H2,1H3,(H,15,16)/t8-,12?/m1/s1. The van der Waals surface area contributed by atoms with Gasteiger partial charge in [-0.3, -0.25) is 9.59 Å². The molecule has 1 saturated heterocycles. The first kappa shape index (κ1) is 12.4. The van der Waals surface area contributed by atoms with Crippen LogP contribution in [0.5, 0.6) is 0 Å². The maximum Gasteiger partial charge on any atom is 0.308 e. The monoisotopic (exact) mass is 240 g/mol. The molecule has 0 spiro atoms. The van der Waals surface area contributed by atoms with Crippen LogP contribution in [0.1, 0.15) is 32.6 Å². The molecule has 17 heavy (non-hydrogen) atoms. The highest BCUT2D eigenvalue weighted by Crippen LogP contribution is 2.39. The highest BCUT2D eigenvalue weighted by molar-refractivity contribution is 5.87.